The van der Waals surface area contributed by atoms with Crippen LogP contribution in [0.25, 0.3) is 6.08 Å². The quantitative estimate of drug-likeness (QED) is 0.629. The van der Waals surface area contributed by atoms with Crippen LogP contribution in [0.3, 0.4) is 0 Å². The van der Waals surface area contributed by atoms with Crippen molar-refractivity contribution in [2.75, 3.05) is 0 Å². The minimum Gasteiger partial charge on any atom is -0.386 e. The first-order valence-corrected chi connectivity index (χ1v) is 6.16. The van der Waals surface area contributed by atoms with E-state index in [-0.39, 0.29) is 0 Å². The molecule has 2 aromatic carbocycles. The van der Waals surface area contributed by atoms with E-state index in [0.29, 0.717) is 11.1 Å². The predicted molar refractivity (Wildman–Crippen MR) is 77.5 cm³/mol. The minimum atomic E-state index is -0.661. The van der Waals surface area contributed by atoms with Gasteiger partial charge in [0.1, 0.15) is 0 Å². The van der Waals surface area contributed by atoms with Crippen molar-refractivity contribution in [1.29, 1.82) is 0 Å². The molecule has 0 radical (unpaired) electrons. The Bertz CT molecular complexity index is 637. The van der Waals surface area contributed by atoms with Crippen LogP contribution in [-0.4, -0.2) is 11.9 Å². The van der Waals surface area contributed by atoms with E-state index >= 15 is 0 Å². The third kappa shape index (κ3) is 3.20. The van der Waals surface area contributed by atoms with Crippen molar-refractivity contribution in [3.63, 3.8) is 0 Å². The van der Waals surface area contributed by atoms with Crippen LogP contribution in [0.1, 0.15) is 31.8 Å². The highest BCUT2D eigenvalue weighted by molar-refractivity contribution is 6.02. The highest BCUT2D eigenvalue weighted by Crippen LogP contribution is 2.10. The molecule has 0 unspecified atom stereocenters. The average molecular weight is 266 g/mol. The zero-order chi connectivity index (χ0) is 14.5. The van der Waals surface area contributed by atoms with E-state index in [1.165, 1.54) is 0 Å². The Morgan fingerprint density at radius 1 is 0.900 bits per heavy atom. The maximum absolute atomic E-state index is 11.8. The summed E-state index contributed by atoms with van der Waals surface area (Å²) < 4.78 is 4.83. The van der Waals surface area contributed by atoms with E-state index in [2.05, 4.69) is 6.58 Å². The number of benzene rings is 2. The fraction of sp³-hybridized carbons (Fsp3) is 0.0588. The van der Waals surface area contributed by atoms with Crippen molar-refractivity contribution >= 4 is 18.0 Å². The zero-order valence-corrected chi connectivity index (χ0v) is 11.1. The molecule has 0 atom stereocenters. The number of hydrogen-bond acceptors (Lipinski definition) is 3. The minimum absolute atomic E-state index is 0.330. The van der Waals surface area contributed by atoms with Crippen LogP contribution in [0, 0.1) is 6.92 Å². The van der Waals surface area contributed by atoms with Crippen LogP contribution in [0.5, 0.6) is 0 Å². The SMILES string of the molecule is C=Cc1ccc(C(=O)OC(=O)c2ccc(C)cc2)cc1. The summed E-state index contributed by atoms with van der Waals surface area (Å²) in [5.74, 6) is -1.31. The molecule has 0 N–H and O–H groups in total. The molecule has 0 spiro atoms. The number of esters is 2. The van der Waals surface area contributed by atoms with Crippen LogP contribution in [0.2, 0.25) is 0 Å². The third-order valence-electron chi connectivity index (χ3n) is 2.85. The first kappa shape index (κ1) is 13.7. The standard InChI is InChI=1S/C17H14O3/c1-3-13-6-10-15(11-7-13)17(19)20-16(18)14-8-4-12(2)5-9-14/h3-11H,1H2,2H3. The van der Waals surface area contributed by atoms with Crippen LogP contribution in [0.4, 0.5) is 0 Å². The first-order valence-electron chi connectivity index (χ1n) is 6.16. The molecule has 0 saturated heterocycles. The molecule has 20 heavy (non-hydrogen) atoms. The van der Waals surface area contributed by atoms with E-state index < -0.39 is 11.9 Å². The Labute approximate surface area is 117 Å². The highest BCUT2D eigenvalue weighted by atomic mass is 16.6. The molecular weight excluding hydrogens is 252 g/mol. The molecule has 0 aliphatic rings. The normalized spacial score (nSPS) is 9.85. The van der Waals surface area contributed by atoms with E-state index in [0.717, 1.165) is 11.1 Å². The molecule has 100 valence electrons. The Morgan fingerprint density at radius 2 is 1.35 bits per heavy atom. The summed E-state index contributed by atoms with van der Waals surface area (Å²) in [6.45, 7) is 5.55. The molecule has 0 aliphatic heterocycles. The molecule has 0 saturated carbocycles. The zero-order valence-electron chi connectivity index (χ0n) is 11.1. The van der Waals surface area contributed by atoms with Crippen molar-refractivity contribution in [2.24, 2.45) is 0 Å². The molecule has 2 aromatic rings. The van der Waals surface area contributed by atoms with Crippen molar-refractivity contribution in [3.8, 4) is 0 Å². The summed E-state index contributed by atoms with van der Waals surface area (Å²) in [7, 11) is 0. The van der Waals surface area contributed by atoms with Gasteiger partial charge in [-0.3, -0.25) is 0 Å². The first-order chi connectivity index (χ1) is 9.60. The van der Waals surface area contributed by atoms with Gasteiger partial charge in [0.05, 0.1) is 11.1 Å². The highest BCUT2D eigenvalue weighted by Gasteiger charge is 2.14. The van der Waals surface area contributed by atoms with Crippen LogP contribution < -0.4 is 0 Å². The lowest BCUT2D eigenvalue weighted by molar-refractivity contribution is 0.0398. The van der Waals surface area contributed by atoms with E-state index in [1.807, 2.05) is 6.92 Å². The van der Waals surface area contributed by atoms with Gasteiger partial charge in [-0.2, -0.15) is 0 Å². The predicted octanol–water partition coefficient (Wildman–Crippen LogP) is 3.64. The maximum Gasteiger partial charge on any atom is 0.346 e. The third-order valence-corrected chi connectivity index (χ3v) is 2.85. The lowest BCUT2D eigenvalue weighted by Crippen LogP contribution is -2.12. The van der Waals surface area contributed by atoms with E-state index in [1.54, 1.807) is 54.6 Å². The van der Waals surface area contributed by atoms with Gasteiger partial charge in [-0.1, -0.05) is 42.5 Å². The van der Waals surface area contributed by atoms with Gasteiger partial charge in [-0.15, -0.1) is 0 Å². The van der Waals surface area contributed by atoms with Crippen LogP contribution in [-0.2, 0) is 4.74 Å². The van der Waals surface area contributed by atoms with Crippen LogP contribution >= 0.6 is 0 Å². The molecule has 0 heterocycles. The Morgan fingerprint density at radius 3 is 1.80 bits per heavy atom. The molecule has 3 nitrogen and oxygen atoms in total. The number of hydrogen-bond donors (Lipinski definition) is 0. The van der Waals surface area contributed by atoms with Crippen molar-refractivity contribution in [3.05, 3.63) is 77.4 Å². The summed E-state index contributed by atoms with van der Waals surface area (Å²) in [5, 5.41) is 0. The molecule has 0 bridgehead atoms. The molecule has 0 amide bonds. The lowest BCUT2D eigenvalue weighted by Gasteiger charge is -2.04. The maximum atomic E-state index is 11.8. The molecule has 0 aliphatic carbocycles. The molecule has 3 heteroatoms. The topological polar surface area (TPSA) is 43.4 Å². The van der Waals surface area contributed by atoms with Crippen molar-refractivity contribution in [2.45, 2.75) is 6.92 Å². The number of carbonyl (C=O) groups is 2. The summed E-state index contributed by atoms with van der Waals surface area (Å²) in [6.07, 6.45) is 1.67. The Balaban J connectivity index is 2.08. The summed E-state index contributed by atoms with van der Waals surface area (Å²) in [4.78, 5) is 23.6. The molecular formula is C17H14O3. The average Bonchev–Trinajstić information content (AvgIpc) is 2.48. The van der Waals surface area contributed by atoms with Gasteiger partial charge in [0.25, 0.3) is 0 Å². The molecule has 0 fully saturated rings. The van der Waals surface area contributed by atoms with Crippen molar-refractivity contribution < 1.29 is 14.3 Å². The van der Waals surface area contributed by atoms with Gasteiger partial charge in [0, 0.05) is 0 Å². The van der Waals surface area contributed by atoms with Gasteiger partial charge in [-0.05, 0) is 36.8 Å². The van der Waals surface area contributed by atoms with Crippen LogP contribution in [0.15, 0.2) is 55.1 Å². The second-order valence-corrected chi connectivity index (χ2v) is 4.37. The largest absolute Gasteiger partial charge is 0.386 e. The molecule has 0 aromatic heterocycles. The second-order valence-electron chi connectivity index (χ2n) is 4.37. The number of ether oxygens (including phenoxy) is 1. The number of carbonyl (C=O) groups excluding carboxylic acids is 2. The second kappa shape index (κ2) is 5.97. The Kier molecular flexibility index (Phi) is 4.11. The van der Waals surface area contributed by atoms with Gasteiger partial charge in [0.2, 0.25) is 0 Å². The molecule has 2 rings (SSSR count). The fourth-order valence-corrected chi connectivity index (χ4v) is 1.65. The smallest absolute Gasteiger partial charge is 0.346 e. The van der Waals surface area contributed by atoms with Crippen molar-refractivity contribution in [1.82, 2.24) is 0 Å². The fourth-order valence-electron chi connectivity index (χ4n) is 1.65. The number of rotatable bonds is 3. The van der Waals surface area contributed by atoms with Gasteiger partial charge >= 0.3 is 11.9 Å². The van der Waals surface area contributed by atoms with Gasteiger partial charge < -0.3 is 4.74 Å². The summed E-state index contributed by atoms with van der Waals surface area (Å²) in [6, 6.07) is 13.5. The van der Waals surface area contributed by atoms with Gasteiger partial charge in [0.15, 0.2) is 0 Å². The number of aryl methyl sites for hydroxylation is 1. The Hall–Kier alpha value is -2.68. The lowest BCUT2D eigenvalue weighted by atomic mass is 10.1. The summed E-state index contributed by atoms with van der Waals surface area (Å²) >= 11 is 0. The summed E-state index contributed by atoms with van der Waals surface area (Å²) in [5.41, 5.74) is 2.61. The van der Waals surface area contributed by atoms with E-state index in [4.69, 9.17) is 4.74 Å². The monoisotopic (exact) mass is 266 g/mol. The van der Waals surface area contributed by atoms with E-state index in [9.17, 15) is 9.59 Å². The van der Waals surface area contributed by atoms with Gasteiger partial charge in [-0.25, -0.2) is 9.59 Å².